The van der Waals surface area contributed by atoms with Crippen LogP contribution in [-0.4, -0.2) is 13.0 Å². The Balaban J connectivity index is 2.01. The maximum Gasteiger partial charge on any atom is 0.228 e. The van der Waals surface area contributed by atoms with Crippen molar-refractivity contribution >= 4 is 34.2 Å². The minimum atomic E-state index is -0.317. The molecule has 0 saturated heterocycles. The van der Waals surface area contributed by atoms with Crippen molar-refractivity contribution in [3.63, 3.8) is 0 Å². The highest BCUT2D eigenvalue weighted by molar-refractivity contribution is 14.1. The largest absolute Gasteiger partial charge is 0.497 e. The Morgan fingerprint density at radius 1 is 1.25 bits per heavy atom. The van der Waals surface area contributed by atoms with Gasteiger partial charge in [0.15, 0.2) is 0 Å². The number of carbonyl (C=O) groups is 1. The molecule has 2 aromatic carbocycles. The monoisotopic (exact) mass is 385 g/mol. The van der Waals surface area contributed by atoms with E-state index in [0.717, 1.165) is 11.3 Å². The van der Waals surface area contributed by atoms with Crippen LogP contribution < -0.4 is 10.1 Å². The second-order valence-electron chi connectivity index (χ2n) is 4.20. The Kier molecular flexibility index (Phi) is 4.94. The molecule has 0 bridgehead atoms. The molecule has 2 rings (SSSR count). The molecule has 0 fully saturated rings. The second-order valence-corrected chi connectivity index (χ2v) is 5.36. The molecule has 0 aliphatic heterocycles. The maximum atomic E-state index is 13.0. The molecule has 3 nitrogen and oxygen atoms in total. The molecule has 2 aromatic rings. The van der Waals surface area contributed by atoms with Gasteiger partial charge in [-0.2, -0.15) is 0 Å². The van der Waals surface area contributed by atoms with Crippen LogP contribution in [-0.2, 0) is 11.2 Å². The summed E-state index contributed by atoms with van der Waals surface area (Å²) < 4.78 is 18.7. The standard InChI is InChI=1S/C15H13FINO2/c1-20-12-5-2-10(3-6-12)8-15(19)18-14-7-4-11(16)9-13(14)17/h2-7,9H,8H2,1H3,(H,18,19). The van der Waals surface area contributed by atoms with E-state index in [1.165, 1.54) is 12.1 Å². The topological polar surface area (TPSA) is 38.3 Å². The zero-order valence-corrected chi connectivity index (χ0v) is 13.0. The fourth-order valence-corrected chi connectivity index (χ4v) is 2.33. The van der Waals surface area contributed by atoms with Gasteiger partial charge in [0.25, 0.3) is 0 Å². The van der Waals surface area contributed by atoms with E-state index in [4.69, 9.17) is 4.74 Å². The van der Waals surface area contributed by atoms with Crippen molar-refractivity contribution in [2.24, 2.45) is 0 Å². The number of carbonyl (C=O) groups excluding carboxylic acids is 1. The Morgan fingerprint density at radius 2 is 1.95 bits per heavy atom. The normalized spacial score (nSPS) is 10.2. The second kappa shape index (κ2) is 6.69. The predicted molar refractivity (Wildman–Crippen MR) is 84.4 cm³/mol. The van der Waals surface area contributed by atoms with Gasteiger partial charge < -0.3 is 10.1 Å². The van der Waals surface area contributed by atoms with Gasteiger partial charge in [0.2, 0.25) is 5.91 Å². The molecule has 0 unspecified atom stereocenters. The first kappa shape index (κ1) is 14.8. The van der Waals surface area contributed by atoms with Gasteiger partial charge in [-0.15, -0.1) is 0 Å². The van der Waals surface area contributed by atoms with Crippen molar-refractivity contribution in [2.45, 2.75) is 6.42 Å². The van der Waals surface area contributed by atoms with Crippen molar-refractivity contribution in [3.05, 3.63) is 57.4 Å². The van der Waals surface area contributed by atoms with Crippen LogP contribution in [0.1, 0.15) is 5.56 Å². The molecule has 0 aromatic heterocycles. The van der Waals surface area contributed by atoms with Gasteiger partial charge in [-0.1, -0.05) is 12.1 Å². The summed E-state index contributed by atoms with van der Waals surface area (Å²) in [6, 6.07) is 11.6. The number of nitrogens with one attached hydrogen (secondary N) is 1. The van der Waals surface area contributed by atoms with Gasteiger partial charge in [0.1, 0.15) is 11.6 Å². The van der Waals surface area contributed by atoms with Crippen LogP contribution in [0.25, 0.3) is 0 Å². The minimum Gasteiger partial charge on any atom is -0.497 e. The van der Waals surface area contributed by atoms with E-state index >= 15 is 0 Å². The van der Waals surface area contributed by atoms with Crippen molar-refractivity contribution in [2.75, 3.05) is 12.4 Å². The quantitative estimate of drug-likeness (QED) is 0.817. The molecule has 0 aliphatic rings. The lowest BCUT2D eigenvalue weighted by molar-refractivity contribution is -0.115. The SMILES string of the molecule is COc1ccc(CC(=O)Nc2ccc(F)cc2I)cc1. The lowest BCUT2D eigenvalue weighted by Gasteiger charge is -2.08. The third kappa shape index (κ3) is 3.93. The highest BCUT2D eigenvalue weighted by atomic mass is 127. The third-order valence-electron chi connectivity index (χ3n) is 2.73. The highest BCUT2D eigenvalue weighted by Gasteiger charge is 2.07. The van der Waals surface area contributed by atoms with E-state index in [1.807, 2.05) is 46.9 Å². The van der Waals surface area contributed by atoms with E-state index < -0.39 is 0 Å². The van der Waals surface area contributed by atoms with Gasteiger partial charge in [-0.05, 0) is 58.5 Å². The Labute approximate surface area is 130 Å². The molecule has 0 heterocycles. The summed E-state index contributed by atoms with van der Waals surface area (Å²) in [4.78, 5) is 11.9. The van der Waals surface area contributed by atoms with Crippen molar-refractivity contribution in [1.82, 2.24) is 0 Å². The lowest BCUT2D eigenvalue weighted by atomic mass is 10.1. The van der Waals surface area contributed by atoms with Crippen LogP contribution in [0.15, 0.2) is 42.5 Å². The van der Waals surface area contributed by atoms with E-state index in [9.17, 15) is 9.18 Å². The Bertz CT molecular complexity index is 614. The first-order chi connectivity index (χ1) is 9.58. The molecule has 0 atom stereocenters. The molecule has 0 saturated carbocycles. The van der Waals surface area contributed by atoms with E-state index in [2.05, 4.69) is 5.32 Å². The summed E-state index contributed by atoms with van der Waals surface area (Å²) in [6.07, 6.45) is 0.261. The van der Waals surface area contributed by atoms with E-state index in [1.54, 1.807) is 13.2 Å². The summed E-state index contributed by atoms with van der Waals surface area (Å²) in [6.45, 7) is 0. The average molecular weight is 385 g/mol. The highest BCUT2D eigenvalue weighted by Crippen LogP contribution is 2.19. The molecule has 104 valence electrons. The number of benzene rings is 2. The molecule has 0 aliphatic carbocycles. The number of anilines is 1. The van der Waals surface area contributed by atoms with E-state index in [-0.39, 0.29) is 18.1 Å². The fourth-order valence-electron chi connectivity index (χ4n) is 1.71. The van der Waals surface area contributed by atoms with Crippen LogP contribution in [0.4, 0.5) is 10.1 Å². The zero-order chi connectivity index (χ0) is 14.5. The smallest absolute Gasteiger partial charge is 0.228 e. The number of amides is 1. The first-order valence-corrected chi connectivity index (χ1v) is 7.04. The van der Waals surface area contributed by atoms with Crippen LogP contribution in [0.5, 0.6) is 5.75 Å². The molecule has 0 spiro atoms. The molecule has 0 radical (unpaired) electrons. The number of hydrogen-bond donors (Lipinski definition) is 1. The van der Waals surface area contributed by atoms with Crippen LogP contribution in [0.2, 0.25) is 0 Å². The maximum absolute atomic E-state index is 13.0. The van der Waals surface area contributed by atoms with Gasteiger partial charge >= 0.3 is 0 Å². The van der Waals surface area contributed by atoms with Crippen LogP contribution in [0.3, 0.4) is 0 Å². The Morgan fingerprint density at radius 3 is 2.55 bits per heavy atom. The molecule has 5 heteroatoms. The van der Waals surface area contributed by atoms with Gasteiger partial charge in [-0.25, -0.2) is 4.39 Å². The molecular weight excluding hydrogens is 372 g/mol. The number of methoxy groups -OCH3 is 1. The minimum absolute atomic E-state index is 0.139. The predicted octanol–water partition coefficient (Wildman–Crippen LogP) is 3.62. The summed E-state index contributed by atoms with van der Waals surface area (Å²) in [5, 5.41) is 2.77. The molecule has 20 heavy (non-hydrogen) atoms. The molecular formula is C15H13FINO2. The summed E-state index contributed by atoms with van der Waals surface area (Å²) in [7, 11) is 1.60. The molecule has 1 amide bonds. The van der Waals surface area contributed by atoms with Crippen molar-refractivity contribution in [3.8, 4) is 5.75 Å². The van der Waals surface area contributed by atoms with Gasteiger partial charge in [0, 0.05) is 3.57 Å². The summed E-state index contributed by atoms with van der Waals surface area (Å²) in [5.41, 5.74) is 1.51. The van der Waals surface area contributed by atoms with Crippen molar-refractivity contribution in [1.29, 1.82) is 0 Å². The summed E-state index contributed by atoms with van der Waals surface area (Å²) >= 11 is 1.99. The Hall–Kier alpha value is -1.63. The molecule has 1 N–H and O–H groups in total. The van der Waals surface area contributed by atoms with Crippen LogP contribution in [0, 0.1) is 9.39 Å². The van der Waals surface area contributed by atoms with E-state index in [0.29, 0.717) is 9.26 Å². The average Bonchev–Trinajstić information content (AvgIpc) is 2.43. The number of rotatable bonds is 4. The van der Waals surface area contributed by atoms with Crippen LogP contribution >= 0.6 is 22.6 Å². The van der Waals surface area contributed by atoms with Crippen molar-refractivity contribution < 1.29 is 13.9 Å². The fraction of sp³-hybridized carbons (Fsp3) is 0.133. The van der Waals surface area contributed by atoms with Gasteiger partial charge in [0.05, 0.1) is 19.2 Å². The third-order valence-corrected chi connectivity index (χ3v) is 3.62. The first-order valence-electron chi connectivity index (χ1n) is 5.96. The lowest BCUT2D eigenvalue weighted by Crippen LogP contribution is -2.15. The van der Waals surface area contributed by atoms with Gasteiger partial charge in [-0.3, -0.25) is 4.79 Å². The number of hydrogen-bond acceptors (Lipinski definition) is 2. The zero-order valence-electron chi connectivity index (χ0n) is 10.8. The number of ether oxygens (including phenoxy) is 1. The number of halogens is 2. The summed E-state index contributed by atoms with van der Waals surface area (Å²) in [5.74, 6) is 0.296.